The van der Waals surface area contributed by atoms with Crippen molar-refractivity contribution in [1.29, 1.82) is 0 Å². The molecule has 4 heteroatoms. The van der Waals surface area contributed by atoms with Gasteiger partial charge < -0.3 is 10.6 Å². The van der Waals surface area contributed by atoms with Gasteiger partial charge in [-0.25, -0.2) is 9.97 Å². The summed E-state index contributed by atoms with van der Waals surface area (Å²) in [6, 6.07) is 1.94. The Kier molecular flexibility index (Phi) is 3.50. The van der Waals surface area contributed by atoms with Crippen molar-refractivity contribution in [2.45, 2.75) is 25.7 Å². The van der Waals surface area contributed by atoms with Crippen molar-refractivity contribution in [3.63, 3.8) is 0 Å². The fourth-order valence-corrected chi connectivity index (χ4v) is 2.01. The Morgan fingerprint density at radius 3 is 2.80 bits per heavy atom. The lowest BCUT2D eigenvalue weighted by molar-refractivity contribution is 0.231. The van der Waals surface area contributed by atoms with Crippen LogP contribution < -0.4 is 5.73 Å². The van der Waals surface area contributed by atoms with Crippen LogP contribution in [0.2, 0.25) is 0 Å². The molecule has 0 aromatic carbocycles. The van der Waals surface area contributed by atoms with Crippen LogP contribution in [0.3, 0.4) is 0 Å². The molecule has 0 aliphatic carbocycles. The van der Waals surface area contributed by atoms with E-state index in [9.17, 15) is 0 Å². The van der Waals surface area contributed by atoms with Gasteiger partial charge in [-0.1, -0.05) is 6.42 Å². The zero-order chi connectivity index (χ0) is 10.5. The van der Waals surface area contributed by atoms with Crippen LogP contribution in [0.5, 0.6) is 0 Å². The van der Waals surface area contributed by atoms with Gasteiger partial charge in [-0.15, -0.1) is 0 Å². The standard InChI is InChI=1S/C11H18N4/c12-11-13-6-4-10(14-11)5-9-15-7-2-1-3-8-15/h4,6H,1-3,5,7-9H2,(H2,12,13,14). The van der Waals surface area contributed by atoms with E-state index in [-0.39, 0.29) is 0 Å². The molecule has 1 aromatic rings. The highest BCUT2D eigenvalue weighted by molar-refractivity contribution is 5.17. The van der Waals surface area contributed by atoms with Crippen molar-refractivity contribution in [2.75, 3.05) is 25.4 Å². The van der Waals surface area contributed by atoms with Gasteiger partial charge in [0, 0.05) is 24.9 Å². The normalized spacial score (nSPS) is 17.9. The maximum atomic E-state index is 5.53. The maximum Gasteiger partial charge on any atom is 0.220 e. The van der Waals surface area contributed by atoms with Crippen LogP contribution in [0, 0.1) is 0 Å². The Morgan fingerprint density at radius 2 is 2.07 bits per heavy atom. The zero-order valence-corrected chi connectivity index (χ0v) is 9.02. The Morgan fingerprint density at radius 1 is 1.27 bits per heavy atom. The number of rotatable bonds is 3. The molecule has 15 heavy (non-hydrogen) atoms. The predicted octanol–water partition coefficient (Wildman–Crippen LogP) is 1.09. The average Bonchev–Trinajstić information content (AvgIpc) is 2.28. The van der Waals surface area contributed by atoms with Gasteiger partial charge >= 0.3 is 0 Å². The van der Waals surface area contributed by atoms with Crippen molar-refractivity contribution in [2.24, 2.45) is 0 Å². The summed E-state index contributed by atoms with van der Waals surface area (Å²) in [5, 5.41) is 0. The van der Waals surface area contributed by atoms with E-state index in [1.165, 1.54) is 32.4 Å². The third-order valence-corrected chi connectivity index (χ3v) is 2.86. The van der Waals surface area contributed by atoms with Crippen molar-refractivity contribution < 1.29 is 0 Å². The topological polar surface area (TPSA) is 55.0 Å². The van der Waals surface area contributed by atoms with Gasteiger partial charge in [-0.3, -0.25) is 0 Å². The fraction of sp³-hybridized carbons (Fsp3) is 0.636. The first-order valence-corrected chi connectivity index (χ1v) is 5.64. The van der Waals surface area contributed by atoms with Gasteiger partial charge in [0.2, 0.25) is 5.95 Å². The SMILES string of the molecule is Nc1nccc(CCN2CCCCC2)n1. The molecule has 4 nitrogen and oxygen atoms in total. The molecule has 0 saturated carbocycles. The number of likely N-dealkylation sites (tertiary alicyclic amines) is 1. The lowest BCUT2D eigenvalue weighted by Crippen LogP contribution is -2.31. The molecule has 2 N–H and O–H groups in total. The minimum atomic E-state index is 0.381. The molecule has 0 bridgehead atoms. The minimum Gasteiger partial charge on any atom is -0.368 e. The number of anilines is 1. The molecule has 2 rings (SSSR count). The first-order valence-electron chi connectivity index (χ1n) is 5.64. The van der Waals surface area contributed by atoms with E-state index in [1.54, 1.807) is 6.20 Å². The van der Waals surface area contributed by atoms with Crippen LogP contribution in [-0.4, -0.2) is 34.5 Å². The van der Waals surface area contributed by atoms with Crippen LogP contribution in [-0.2, 0) is 6.42 Å². The Balaban J connectivity index is 1.81. The molecule has 2 heterocycles. The molecule has 0 unspecified atom stereocenters. The quantitative estimate of drug-likeness (QED) is 0.804. The van der Waals surface area contributed by atoms with E-state index in [1.807, 2.05) is 6.07 Å². The monoisotopic (exact) mass is 206 g/mol. The molecule has 1 fully saturated rings. The molecule has 1 aromatic heterocycles. The summed E-state index contributed by atoms with van der Waals surface area (Å²) < 4.78 is 0. The fourth-order valence-electron chi connectivity index (χ4n) is 2.01. The summed E-state index contributed by atoms with van der Waals surface area (Å²) in [5.41, 5.74) is 6.58. The number of nitrogen functional groups attached to an aromatic ring is 1. The molecule has 1 aliphatic rings. The van der Waals surface area contributed by atoms with Crippen LogP contribution in [0.15, 0.2) is 12.3 Å². The summed E-state index contributed by atoms with van der Waals surface area (Å²) in [6.45, 7) is 3.57. The number of nitrogens with two attached hydrogens (primary N) is 1. The Hall–Kier alpha value is -1.16. The second-order valence-electron chi connectivity index (χ2n) is 4.06. The highest BCUT2D eigenvalue weighted by Gasteiger charge is 2.09. The molecular formula is C11H18N4. The molecule has 1 aliphatic heterocycles. The predicted molar refractivity (Wildman–Crippen MR) is 60.4 cm³/mol. The van der Waals surface area contributed by atoms with Crippen molar-refractivity contribution in [3.05, 3.63) is 18.0 Å². The summed E-state index contributed by atoms with van der Waals surface area (Å²) in [6.07, 6.45) is 6.77. The largest absolute Gasteiger partial charge is 0.368 e. The van der Waals surface area contributed by atoms with Crippen molar-refractivity contribution in [1.82, 2.24) is 14.9 Å². The lowest BCUT2D eigenvalue weighted by Gasteiger charge is -2.26. The van der Waals surface area contributed by atoms with Gasteiger partial charge in [0.15, 0.2) is 0 Å². The average molecular weight is 206 g/mol. The maximum absolute atomic E-state index is 5.53. The molecule has 0 atom stereocenters. The summed E-state index contributed by atoms with van der Waals surface area (Å²) in [5.74, 6) is 0.381. The lowest BCUT2D eigenvalue weighted by atomic mass is 10.1. The minimum absolute atomic E-state index is 0.381. The number of piperidine rings is 1. The third kappa shape index (κ3) is 3.16. The highest BCUT2D eigenvalue weighted by Crippen LogP contribution is 2.09. The number of hydrogen-bond donors (Lipinski definition) is 1. The number of aromatic nitrogens is 2. The first-order chi connectivity index (χ1) is 7.34. The van der Waals surface area contributed by atoms with E-state index >= 15 is 0 Å². The molecule has 0 amide bonds. The second kappa shape index (κ2) is 5.07. The van der Waals surface area contributed by atoms with Gasteiger partial charge in [0.25, 0.3) is 0 Å². The van der Waals surface area contributed by atoms with E-state index < -0.39 is 0 Å². The first kappa shape index (κ1) is 10.4. The third-order valence-electron chi connectivity index (χ3n) is 2.86. The zero-order valence-electron chi connectivity index (χ0n) is 9.02. The van der Waals surface area contributed by atoms with Crippen molar-refractivity contribution in [3.8, 4) is 0 Å². The van der Waals surface area contributed by atoms with Gasteiger partial charge in [-0.05, 0) is 32.0 Å². The summed E-state index contributed by atoms with van der Waals surface area (Å²) in [4.78, 5) is 10.6. The molecular weight excluding hydrogens is 188 g/mol. The van der Waals surface area contributed by atoms with Gasteiger partial charge in [0.05, 0.1) is 0 Å². The number of hydrogen-bond acceptors (Lipinski definition) is 4. The second-order valence-corrected chi connectivity index (χ2v) is 4.06. The van der Waals surface area contributed by atoms with Crippen LogP contribution >= 0.6 is 0 Å². The molecule has 1 saturated heterocycles. The van der Waals surface area contributed by atoms with Crippen molar-refractivity contribution >= 4 is 5.95 Å². The Bertz CT molecular complexity index is 307. The number of nitrogens with zero attached hydrogens (tertiary/aromatic N) is 3. The van der Waals surface area contributed by atoms with Gasteiger partial charge in [0.1, 0.15) is 0 Å². The molecule has 0 radical (unpaired) electrons. The summed E-state index contributed by atoms with van der Waals surface area (Å²) >= 11 is 0. The van der Waals surface area contributed by atoms with Crippen LogP contribution in [0.4, 0.5) is 5.95 Å². The van der Waals surface area contributed by atoms with E-state index in [4.69, 9.17) is 5.73 Å². The van der Waals surface area contributed by atoms with E-state index in [2.05, 4.69) is 14.9 Å². The van der Waals surface area contributed by atoms with Gasteiger partial charge in [-0.2, -0.15) is 0 Å². The smallest absolute Gasteiger partial charge is 0.220 e. The van der Waals surface area contributed by atoms with Crippen LogP contribution in [0.1, 0.15) is 25.0 Å². The van der Waals surface area contributed by atoms with E-state index in [0.29, 0.717) is 5.95 Å². The molecule has 0 spiro atoms. The van der Waals surface area contributed by atoms with E-state index in [0.717, 1.165) is 18.7 Å². The Labute approximate surface area is 90.5 Å². The highest BCUT2D eigenvalue weighted by atomic mass is 15.1. The molecule has 82 valence electrons. The summed E-state index contributed by atoms with van der Waals surface area (Å²) in [7, 11) is 0. The van der Waals surface area contributed by atoms with Crippen LogP contribution in [0.25, 0.3) is 0 Å².